The Balaban J connectivity index is 0.00000127. The van der Waals surface area contributed by atoms with E-state index in [1.54, 1.807) is 12.4 Å². The molecule has 0 bridgehead atoms. The van der Waals surface area contributed by atoms with E-state index in [0.29, 0.717) is 11.5 Å². The Hall–Kier alpha value is -2.62. The van der Waals surface area contributed by atoms with Crippen molar-refractivity contribution >= 4 is 18.4 Å². The minimum Gasteiger partial charge on any atom is -0.550 e. The average molecular weight is 546 g/mol. The van der Waals surface area contributed by atoms with Crippen molar-refractivity contribution < 1.29 is 37.5 Å². The Morgan fingerprint density at radius 1 is 0.811 bits per heavy atom. The second-order valence-electron chi connectivity index (χ2n) is 11.5. The number of nitrogens with zero attached hydrogens (tertiary/aromatic N) is 2. The molecule has 2 aromatic rings. The van der Waals surface area contributed by atoms with Crippen LogP contribution >= 0.6 is 0 Å². The number of hydrogen-bond acceptors (Lipinski definition) is 6. The van der Waals surface area contributed by atoms with Crippen molar-refractivity contribution in [1.82, 2.24) is 0 Å². The molecule has 0 heterocycles. The van der Waals surface area contributed by atoms with Crippen LogP contribution in [-0.2, 0) is 33.0 Å². The van der Waals surface area contributed by atoms with Gasteiger partial charge in [-0.05, 0) is 53.9 Å². The SMILES string of the molecule is CC(=O)[O-].CC(C)(C)c1cccc(C=N[C@@H]2CCCC[C@H]2N=Cc2cccc(C(C)(C)C)c2O)c1O.[Cr]. The van der Waals surface area contributed by atoms with Crippen molar-refractivity contribution in [2.45, 2.75) is 97.1 Å². The third-order valence-corrected chi connectivity index (χ3v) is 6.25. The first-order valence-corrected chi connectivity index (χ1v) is 12.6. The minimum atomic E-state index is -1.08. The van der Waals surface area contributed by atoms with Gasteiger partial charge in [0.1, 0.15) is 11.5 Å². The number of carboxylic acids is 1. The fourth-order valence-corrected chi connectivity index (χ4v) is 4.33. The second kappa shape index (κ2) is 13.8. The zero-order valence-electron chi connectivity index (χ0n) is 23.1. The van der Waals surface area contributed by atoms with Crippen LogP contribution in [0.4, 0.5) is 0 Å². The van der Waals surface area contributed by atoms with Gasteiger partial charge in [-0.2, -0.15) is 0 Å². The van der Waals surface area contributed by atoms with E-state index < -0.39 is 5.97 Å². The van der Waals surface area contributed by atoms with Gasteiger partial charge in [0.05, 0.1) is 12.1 Å². The summed E-state index contributed by atoms with van der Waals surface area (Å²) in [7, 11) is 0. The predicted octanol–water partition coefficient (Wildman–Crippen LogP) is 5.30. The van der Waals surface area contributed by atoms with E-state index in [4.69, 9.17) is 19.9 Å². The number of para-hydroxylation sites is 2. The number of aliphatic carboxylic acids is 1. The molecule has 6 nitrogen and oxygen atoms in total. The van der Waals surface area contributed by atoms with Gasteiger partial charge < -0.3 is 20.1 Å². The number of hydrogen-bond donors (Lipinski definition) is 2. The number of phenols is 2. The van der Waals surface area contributed by atoms with Crippen LogP contribution in [0.3, 0.4) is 0 Å². The Morgan fingerprint density at radius 3 is 1.43 bits per heavy atom. The molecule has 0 aromatic heterocycles. The third kappa shape index (κ3) is 9.65. The number of rotatable bonds is 4. The molecule has 0 spiro atoms. The van der Waals surface area contributed by atoms with Gasteiger partial charge >= 0.3 is 0 Å². The molecule has 202 valence electrons. The van der Waals surface area contributed by atoms with Crippen LogP contribution in [-0.4, -0.2) is 40.7 Å². The number of carbonyl (C=O) groups is 1. The fraction of sp³-hybridized carbons (Fsp3) is 0.500. The van der Waals surface area contributed by atoms with Crippen LogP contribution < -0.4 is 5.11 Å². The van der Waals surface area contributed by atoms with Crippen molar-refractivity contribution in [3.8, 4) is 11.5 Å². The first-order chi connectivity index (χ1) is 16.7. The zero-order valence-corrected chi connectivity index (χ0v) is 24.4. The van der Waals surface area contributed by atoms with Gasteiger partial charge in [0, 0.05) is 46.9 Å². The third-order valence-electron chi connectivity index (χ3n) is 6.25. The van der Waals surface area contributed by atoms with Gasteiger partial charge in [0.15, 0.2) is 0 Å². The smallest absolute Gasteiger partial charge is 0.128 e. The summed E-state index contributed by atoms with van der Waals surface area (Å²) >= 11 is 0. The molecule has 1 aliphatic rings. The van der Waals surface area contributed by atoms with Crippen molar-refractivity contribution in [2.75, 3.05) is 0 Å². The number of benzene rings is 2. The van der Waals surface area contributed by atoms with E-state index in [0.717, 1.165) is 54.9 Å². The maximum Gasteiger partial charge on any atom is 0.128 e. The van der Waals surface area contributed by atoms with Gasteiger partial charge in [-0.25, -0.2) is 0 Å². The number of carbonyl (C=O) groups excluding carboxylic acids is 1. The van der Waals surface area contributed by atoms with Crippen molar-refractivity contribution in [1.29, 1.82) is 0 Å². The summed E-state index contributed by atoms with van der Waals surface area (Å²) in [5.41, 5.74) is 3.09. The van der Waals surface area contributed by atoms with E-state index in [1.807, 2.05) is 36.4 Å². The molecule has 2 atom stereocenters. The molecule has 1 fully saturated rings. The number of carboxylic acid groups (broad SMARTS) is 1. The Bertz CT molecular complexity index is 1010. The van der Waals surface area contributed by atoms with Crippen molar-refractivity contribution in [3.05, 3.63) is 58.7 Å². The maximum absolute atomic E-state index is 10.7. The van der Waals surface area contributed by atoms with Gasteiger partial charge in [-0.1, -0.05) is 78.6 Å². The normalized spacial score (nSPS) is 18.2. The van der Waals surface area contributed by atoms with E-state index in [1.165, 1.54) is 0 Å². The molecule has 7 heteroatoms. The van der Waals surface area contributed by atoms with Crippen LogP contribution in [0, 0.1) is 0 Å². The molecule has 3 rings (SSSR count). The van der Waals surface area contributed by atoms with Gasteiger partial charge in [-0.15, -0.1) is 0 Å². The molecule has 37 heavy (non-hydrogen) atoms. The Kier molecular flexibility index (Phi) is 12.1. The van der Waals surface area contributed by atoms with Crippen LogP contribution in [0.25, 0.3) is 0 Å². The summed E-state index contributed by atoms with van der Waals surface area (Å²) < 4.78 is 0. The van der Waals surface area contributed by atoms with E-state index in [-0.39, 0.29) is 40.3 Å². The molecule has 0 aliphatic heterocycles. The first kappa shape index (κ1) is 32.4. The van der Waals surface area contributed by atoms with Crippen LogP contribution in [0.5, 0.6) is 11.5 Å². The molecule has 0 amide bonds. The monoisotopic (exact) mass is 545 g/mol. The molecular weight excluding hydrogens is 504 g/mol. The number of aliphatic imine (C=N–C) groups is 2. The van der Waals surface area contributed by atoms with Gasteiger partial charge in [0.25, 0.3) is 0 Å². The summed E-state index contributed by atoms with van der Waals surface area (Å²) in [6.07, 6.45) is 7.83. The number of phenolic OH excluding ortho intramolecular Hbond substituents is 2. The van der Waals surface area contributed by atoms with Crippen LogP contribution in [0.15, 0.2) is 46.4 Å². The maximum atomic E-state index is 10.7. The largest absolute Gasteiger partial charge is 0.550 e. The quantitative estimate of drug-likeness (QED) is 0.509. The van der Waals surface area contributed by atoms with Crippen molar-refractivity contribution in [3.63, 3.8) is 0 Å². The standard InChI is InChI=1S/C28H38N2O2.C2H4O2.Cr/c1-27(2,3)21-13-9-11-19(25(21)31)17-29-23-15-7-8-16-24(23)30-18-20-12-10-14-22(26(20)32)28(4,5)6;1-2(3)4;/h9-14,17-18,23-24,31-32H,7-8,15-16H2,1-6H3;1H3,(H,3,4);/p-1/t23-,24-;;/m1../s1. The summed E-state index contributed by atoms with van der Waals surface area (Å²) in [6, 6.07) is 11.9. The minimum absolute atomic E-state index is 0. The van der Waals surface area contributed by atoms with E-state index in [9.17, 15) is 10.2 Å². The Labute approximate surface area is 232 Å². The summed E-state index contributed by atoms with van der Waals surface area (Å²) in [4.78, 5) is 18.6. The predicted molar refractivity (Wildman–Crippen MR) is 146 cm³/mol. The molecule has 1 aliphatic carbocycles. The number of aromatic hydroxyl groups is 2. The fourth-order valence-electron chi connectivity index (χ4n) is 4.33. The van der Waals surface area contributed by atoms with Gasteiger partial charge in [0.2, 0.25) is 0 Å². The summed E-state index contributed by atoms with van der Waals surface area (Å²) in [5, 5.41) is 30.4. The van der Waals surface area contributed by atoms with E-state index in [2.05, 4.69) is 41.5 Å². The summed E-state index contributed by atoms with van der Waals surface area (Å²) in [5.74, 6) is -0.466. The molecule has 0 radical (unpaired) electrons. The first-order valence-electron chi connectivity index (χ1n) is 12.6. The van der Waals surface area contributed by atoms with E-state index >= 15 is 0 Å². The molecule has 0 unspecified atom stereocenters. The second-order valence-corrected chi connectivity index (χ2v) is 11.5. The van der Waals surface area contributed by atoms with Crippen LogP contribution in [0.1, 0.15) is 96.4 Å². The molecular formula is C30H41CrN2O4-. The molecule has 0 saturated heterocycles. The molecule has 1 saturated carbocycles. The summed E-state index contributed by atoms with van der Waals surface area (Å²) in [6.45, 7) is 13.5. The van der Waals surface area contributed by atoms with Crippen LogP contribution in [0.2, 0.25) is 0 Å². The van der Waals surface area contributed by atoms with Gasteiger partial charge in [-0.3, -0.25) is 9.98 Å². The molecule has 2 aromatic carbocycles. The average Bonchev–Trinajstić information content (AvgIpc) is 2.76. The molecule has 2 N–H and O–H groups in total. The van der Waals surface area contributed by atoms with Crippen molar-refractivity contribution in [2.24, 2.45) is 9.98 Å². The Morgan fingerprint density at radius 2 is 1.14 bits per heavy atom. The topological polar surface area (TPSA) is 105 Å². The zero-order chi connectivity index (χ0) is 27.1.